The highest BCUT2D eigenvalue weighted by Gasteiger charge is 2.47. The number of aromatic hydroxyl groups is 1. The molecule has 170 valence electrons. The zero-order valence-electron chi connectivity index (χ0n) is 18.1. The van der Waals surface area contributed by atoms with Gasteiger partial charge in [-0.2, -0.15) is 0 Å². The number of halogens is 1. The lowest BCUT2D eigenvalue weighted by atomic mass is 9.84. The van der Waals surface area contributed by atoms with Crippen molar-refractivity contribution in [3.05, 3.63) is 95.3 Å². The average molecular weight is 449 g/mol. The molecule has 33 heavy (non-hydrogen) atoms. The van der Waals surface area contributed by atoms with Crippen molar-refractivity contribution >= 4 is 11.6 Å². The van der Waals surface area contributed by atoms with Gasteiger partial charge in [-0.1, -0.05) is 36.4 Å². The first-order chi connectivity index (χ1) is 15.9. The molecule has 0 fully saturated rings. The number of nitrogens with one attached hydrogen (secondary N) is 1. The minimum atomic E-state index is -1.51. The smallest absolute Gasteiger partial charge is 0.206 e. The third kappa shape index (κ3) is 4.79. The van der Waals surface area contributed by atoms with Crippen LogP contribution in [0.3, 0.4) is 0 Å². The van der Waals surface area contributed by atoms with Crippen LogP contribution in [0.15, 0.2) is 72.8 Å². The quantitative estimate of drug-likeness (QED) is 0.542. The molecule has 3 aromatic rings. The van der Waals surface area contributed by atoms with Gasteiger partial charge in [-0.3, -0.25) is 9.59 Å². The maximum atomic E-state index is 13.5. The first-order valence-corrected chi connectivity index (χ1v) is 10.6. The summed E-state index contributed by atoms with van der Waals surface area (Å²) in [5, 5.41) is 12.8. The minimum absolute atomic E-state index is 0.00976. The van der Waals surface area contributed by atoms with Gasteiger partial charge < -0.3 is 19.9 Å². The molecule has 0 radical (unpaired) electrons. The van der Waals surface area contributed by atoms with Crippen molar-refractivity contribution in [3.8, 4) is 11.5 Å². The van der Waals surface area contributed by atoms with E-state index in [1.54, 1.807) is 48.5 Å². The fraction of sp³-hybridized carbons (Fsp3) is 0.231. The summed E-state index contributed by atoms with van der Waals surface area (Å²) in [6.45, 7) is 1.46. The molecule has 4 rings (SSSR count). The average Bonchev–Trinajstić information content (AvgIpc) is 2.83. The fourth-order valence-electron chi connectivity index (χ4n) is 3.77. The van der Waals surface area contributed by atoms with Gasteiger partial charge in [-0.05, 0) is 54.4 Å². The molecule has 1 aliphatic heterocycles. The molecule has 3 aromatic carbocycles. The lowest BCUT2D eigenvalue weighted by Gasteiger charge is -2.36. The maximum Gasteiger partial charge on any atom is 0.206 e. The van der Waals surface area contributed by atoms with Gasteiger partial charge in [-0.15, -0.1) is 0 Å². The minimum Gasteiger partial charge on any atom is -0.508 e. The zero-order valence-corrected chi connectivity index (χ0v) is 18.1. The molecule has 0 aromatic heterocycles. The van der Waals surface area contributed by atoms with Gasteiger partial charge in [0.25, 0.3) is 0 Å². The number of para-hydroxylation sites is 1. The van der Waals surface area contributed by atoms with Crippen LogP contribution in [0.5, 0.6) is 11.5 Å². The molecular weight excluding hydrogens is 425 g/mol. The van der Waals surface area contributed by atoms with Crippen LogP contribution in [0.1, 0.15) is 34.5 Å². The third-order valence-electron chi connectivity index (χ3n) is 5.72. The standard InChI is InChI=1S/C26H24FNO5/c1-17(18-6-10-20(27)11-7-18)28-14-22(30)15-33-26(19-8-12-21(29)13-9-19)16-32-24-5-3-2-4-23(24)25(26)31/h2-13,17,28-29H,14-16H2,1H3/t17-,26?/m1/s1. The van der Waals surface area contributed by atoms with Crippen LogP contribution in [0.25, 0.3) is 0 Å². The van der Waals surface area contributed by atoms with Crippen molar-refractivity contribution in [2.45, 2.75) is 18.6 Å². The van der Waals surface area contributed by atoms with Gasteiger partial charge >= 0.3 is 0 Å². The number of carbonyl (C=O) groups is 2. The Labute approximate surface area is 191 Å². The largest absolute Gasteiger partial charge is 0.508 e. The van der Waals surface area contributed by atoms with Crippen LogP contribution >= 0.6 is 0 Å². The molecule has 6 nitrogen and oxygen atoms in total. The molecule has 2 atom stereocenters. The summed E-state index contributed by atoms with van der Waals surface area (Å²) in [6.07, 6.45) is 0. The second-order valence-electron chi connectivity index (χ2n) is 7.97. The number of phenolic OH excluding ortho intramolecular Hbond substituents is 1. The molecule has 0 saturated carbocycles. The Hall–Kier alpha value is -3.55. The SMILES string of the molecule is C[C@@H](NCC(=O)COC1(c2ccc(O)cc2)COc2ccccc2C1=O)c1ccc(F)cc1. The van der Waals surface area contributed by atoms with Gasteiger partial charge in [0, 0.05) is 6.04 Å². The highest BCUT2D eigenvalue weighted by Crippen LogP contribution is 2.38. The van der Waals surface area contributed by atoms with Crippen molar-refractivity contribution in [2.24, 2.45) is 0 Å². The van der Waals surface area contributed by atoms with Crippen LogP contribution in [-0.2, 0) is 15.1 Å². The van der Waals surface area contributed by atoms with Crippen molar-refractivity contribution in [2.75, 3.05) is 19.8 Å². The van der Waals surface area contributed by atoms with Crippen molar-refractivity contribution in [1.29, 1.82) is 0 Å². The van der Waals surface area contributed by atoms with Crippen LogP contribution in [0.2, 0.25) is 0 Å². The van der Waals surface area contributed by atoms with E-state index >= 15 is 0 Å². The van der Waals surface area contributed by atoms with E-state index in [2.05, 4.69) is 5.32 Å². The van der Waals surface area contributed by atoms with Crippen LogP contribution < -0.4 is 10.1 Å². The number of carbonyl (C=O) groups excluding carboxylic acids is 2. The maximum absolute atomic E-state index is 13.5. The molecule has 2 N–H and O–H groups in total. The predicted molar refractivity (Wildman–Crippen MR) is 120 cm³/mol. The monoisotopic (exact) mass is 449 g/mol. The Morgan fingerprint density at radius 3 is 2.55 bits per heavy atom. The number of benzene rings is 3. The van der Waals surface area contributed by atoms with Crippen molar-refractivity contribution in [3.63, 3.8) is 0 Å². The highest BCUT2D eigenvalue weighted by atomic mass is 19.1. The lowest BCUT2D eigenvalue weighted by molar-refractivity contribution is -0.130. The summed E-state index contributed by atoms with van der Waals surface area (Å²) < 4.78 is 24.9. The molecular formula is C26H24FNO5. The Bertz CT molecular complexity index is 1150. The van der Waals surface area contributed by atoms with Gasteiger partial charge in [0.1, 0.15) is 30.5 Å². The van der Waals surface area contributed by atoms with Crippen molar-refractivity contribution in [1.82, 2.24) is 5.32 Å². The molecule has 0 aliphatic carbocycles. The molecule has 1 heterocycles. The van der Waals surface area contributed by atoms with E-state index < -0.39 is 5.60 Å². The van der Waals surface area contributed by atoms with Crippen LogP contribution in [0.4, 0.5) is 4.39 Å². The van der Waals surface area contributed by atoms with E-state index in [4.69, 9.17) is 9.47 Å². The second kappa shape index (κ2) is 9.52. The first-order valence-electron chi connectivity index (χ1n) is 10.6. The summed E-state index contributed by atoms with van der Waals surface area (Å²) in [4.78, 5) is 26.1. The predicted octanol–water partition coefficient (Wildman–Crippen LogP) is 3.94. The summed E-state index contributed by atoms with van der Waals surface area (Å²) in [6, 6.07) is 18.8. The number of fused-ring (bicyclic) bond motifs is 1. The summed E-state index contributed by atoms with van der Waals surface area (Å²) in [5.74, 6) is -0.379. The van der Waals surface area contributed by atoms with Crippen LogP contribution in [0, 0.1) is 5.82 Å². The number of hydrogen-bond acceptors (Lipinski definition) is 6. The van der Waals surface area contributed by atoms with E-state index in [9.17, 15) is 19.1 Å². The summed E-state index contributed by atoms with van der Waals surface area (Å²) in [7, 11) is 0. The van der Waals surface area contributed by atoms with Gasteiger partial charge in [-0.25, -0.2) is 4.39 Å². The zero-order chi connectivity index (χ0) is 23.4. The number of phenols is 1. The van der Waals surface area contributed by atoms with Gasteiger partial charge in [0.15, 0.2) is 11.4 Å². The topological polar surface area (TPSA) is 84.9 Å². The molecule has 0 saturated heterocycles. The molecule has 0 spiro atoms. The fourth-order valence-corrected chi connectivity index (χ4v) is 3.77. The van der Waals surface area contributed by atoms with E-state index in [1.807, 2.05) is 6.92 Å². The summed E-state index contributed by atoms with van der Waals surface area (Å²) >= 11 is 0. The van der Waals surface area contributed by atoms with E-state index in [0.29, 0.717) is 16.9 Å². The number of ketones is 2. The van der Waals surface area contributed by atoms with E-state index in [0.717, 1.165) is 5.56 Å². The number of ether oxygens (including phenoxy) is 2. The molecule has 1 aliphatic rings. The van der Waals surface area contributed by atoms with Gasteiger partial charge in [0.05, 0.1) is 12.1 Å². The second-order valence-corrected chi connectivity index (χ2v) is 7.97. The Balaban J connectivity index is 1.48. The molecule has 7 heteroatoms. The van der Waals surface area contributed by atoms with Crippen LogP contribution in [-0.4, -0.2) is 36.4 Å². The lowest BCUT2D eigenvalue weighted by Crippen LogP contribution is -2.48. The highest BCUT2D eigenvalue weighted by molar-refractivity contribution is 6.06. The molecule has 1 unspecified atom stereocenters. The summed E-state index contributed by atoms with van der Waals surface area (Å²) in [5.41, 5.74) is 0.186. The normalized spacial score (nSPS) is 18.3. The van der Waals surface area contributed by atoms with E-state index in [-0.39, 0.29) is 48.9 Å². The number of Topliss-reactive ketones (excluding diaryl/α,β-unsaturated/α-hetero) is 2. The van der Waals surface area contributed by atoms with Crippen molar-refractivity contribution < 1.29 is 28.6 Å². The number of rotatable bonds is 8. The molecule has 0 amide bonds. The third-order valence-corrected chi connectivity index (χ3v) is 5.72. The van der Waals surface area contributed by atoms with Gasteiger partial charge in [0.2, 0.25) is 5.78 Å². The Kier molecular flexibility index (Phi) is 6.53. The Morgan fingerprint density at radius 2 is 1.82 bits per heavy atom. The molecule has 0 bridgehead atoms. The van der Waals surface area contributed by atoms with E-state index in [1.165, 1.54) is 24.3 Å². The first kappa shape index (κ1) is 22.6. The Morgan fingerprint density at radius 1 is 1.12 bits per heavy atom. The number of hydrogen-bond donors (Lipinski definition) is 2.